The minimum absolute atomic E-state index is 0.00823. The maximum absolute atomic E-state index is 12.8. The number of hydrogen-bond acceptors (Lipinski definition) is 4. The third kappa shape index (κ3) is 4.07. The fourth-order valence-corrected chi connectivity index (χ4v) is 3.20. The second kappa shape index (κ2) is 7.73. The molecule has 1 aromatic carbocycles. The standard InChI is InChI=1S/C20H24N4O3/c1-12(2)21-20(27)18-23-17(16-6-4-5-11-24(16)18)19(26)22-15-9-7-14(8-10-15)13(3)25/h7-10,12H,4-6,11H2,1-3H3,(H,21,27)(H,22,26). The molecule has 0 unspecified atom stereocenters. The van der Waals surface area contributed by atoms with E-state index in [2.05, 4.69) is 15.6 Å². The summed E-state index contributed by atoms with van der Waals surface area (Å²) in [5, 5.41) is 5.65. The molecule has 2 aromatic rings. The number of fused-ring (bicyclic) bond motifs is 1. The second-order valence-corrected chi connectivity index (χ2v) is 7.06. The predicted molar refractivity (Wildman–Crippen MR) is 102 cm³/mol. The molecule has 7 heteroatoms. The SMILES string of the molecule is CC(=O)c1ccc(NC(=O)c2nc(C(=O)NC(C)C)n3c2CCCC3)cc1. The molecule has 3 rings (SSSR count). The van der Waals surface area contributed by atoms with Gasteiger partial charge in [0.1, 0.15) is 0 Å². The fourth-order valence-electron chi connectivity index (χ4n) is 3.20. The molecule has 1 aliphatic heterocycles. The Morgan fingerprint density at radius 3 is 2.41 bits per heavy atom. The lowest BCUT2D eigenvalue weighted by molar-refractivity contribution is 0.0926. The van der Waals surface area contributed by atoms with Crippen molar-refractivity contribution in [2.75, 3.05) is 5.32 Å². The number of Topliss-reactive ketones (excluding diaryl/α,β-unsaturated/α-hetero) is 1. The van der Waals surface area contributed by atoms with Crippen molar-refractivity contribution in [1.82, 2.24) is 14.9 Å². The number of benzene rings is 1. The molecule has 1 aromatic heterocycles. The van der Waals surface area contributed by atoms with E-state index >= 15 is 0 Å². The molecule has 27 heavy (non-hydrogen) atoms. The van der Waals surface area contributed by atoms with E-state index in [1.165, 1.54) is 6.92 Å². The Hall–Kier alpha value is -2.96. The molecule has 0 saturated heterocycles. The minimum Gasteiger partial charge on any atom is -0.347 e. The Balaban J connectivity index is 1.87. The number of carbonyl (C=O) groups is 3. The van der Waals surface area contributed by atoms with Crippen molar-refractivity contribution in [1.29, 1.82) is 0 Å². The van der Waals surface area contributed by atoms with E-state index in [4.69, 9.17) is 0 Å². The molecule has 7 nitrogen and oxygen atoms in total. The van der Waals surface area contributed by atoms with Crippen molar-refractivity contribution in [2.24, 2.45) is 0 Å². The normalized spacial score (nSPS) is 13.2. The number of carbonyl (C=O) groups excluding carboxylic acids is 3. The van der Waals surface area contributed by atoms with E-state index in [1.54, 1.807) is 24.3 Å². The quantitative estimate of drug-likeness (QED) is 0.794. The van der Waals surface area contributed by atoms with E-state index in [0.29, 0.717) is 29.9 Å². The minimum atomic E-state index is -0.347. The first-order valence-electron chi connectivity index (χ1n) is 9.19. The predicted octanol–water partition coefficient (Wildman–Crippen LogP) is 2.81. The zero-order valence-corrected chi connectivity index (χ0v) is 15.8. The molecule has 0 bridgehead atoms. The van der Waals surface area contributed by atoms with E-state index in [9.17, 15) is 14.4 Å². The first-order valence-corrected chi connectivity index (χ1v) is 9.19. The van der Waals surface area contributed by atoms with Crippen LogP contribution in [0, 0.1) is 0 Å². The zero-order chi connectivity index (χ0) is 19.6. The highest BCUT2D eigenvalue weighted by molar-refractivity contribution is 6.05. The monoisotopic (exact) mass is 368 g/mol. The number of anilines is 1. The van der Waals surface area contributed by atoms with Crippen LogP contribution >= 0.6 is 0 Å². The van der Waals surface area contributed by atoms with Gasteiger partial charge in [-0.1, -0.05) is 0 Å². The van der Waals surface area contributed by atoms with Crippen LogP contribution in [0.15, 0.2) is 24.3 Å². The molecule has 2 N–H and O–H groups in total. The Bertz CT molecular complexity index is 881. The molecular formula is C20H24N4O3. The van der Waals surface area contributed by atoms with E-state index in [0.717, 1.165) is 18.5 Å². The van der Waals surface area contributed by atoms with Crippen LogP contribution in [-0.2, 0) is 13.0 Å². The van der Waals surface area contributed by atoms with Gasteiger partial charge < -0.3 is 15.2 Å². The highest BCUT2D eigenvalue weighted by atomic mass is 16.2. The molecule has 2 amide bonds. The van der Waals surface area contributed by atoms with Gasteiger partial charge in [-0.15, -0.1) is 0 Å². The number of nitrogens with one attached hydrogen (secondary N) is 2. The van der Waals surface area contributed by atoms with Crippen LogP contribution in [0.5, 0.6) is 0 Å². The van der Waals surface area contributed by atoms with Gasteiger partial charge in [0.2, 0.25) is 0 Å². The largest absolute Gasteiger partial charge is 0.347 e. The summed E-state index contributed by atoms with van der Waals surface area (Å²) in [7, 11) is 0. The van der Waals surface area contributed by atoms with Crippen molar-refractivity contribution in [3.05, 3.63) is 47.0 Å². The Morgan fingerprint density at radius 1 is 1.07 bits per heavy atom. The summed E-state index contributed by atoms with van der Waals surface area (Å²) in [6.07, 6.45) is 2.64. The van der Waals surface area contributed by atoms with Crippen molar-refractivity contribution >= 4 is 23.3 Å². The zero-order valence-electron chi connectivity index (χ0n) is 15.8. The lowest BCUT2D eigenvalue weighted by atomic mass is 10.1. The van der Waals surface area contributed by atoms with Crippen LogP contribution in [0.3, 0.4) is 0 Å². The number of rotatable bonds is 5. The van der Waals surface area contributed by atoms with Crippen molar-refractivity contribution in [3.8, 4) is 0 Å². The van der Waals surface area contributed by atoms with Crippen molar-refractivity contribution < 1.29 is 14.4 Å². The number of aromatic nitrogens is 2. The van der Waals surface area contributed by atoms with Crippen molar-refractivity contribution in [2.45, 2.75) is 52.6 Å². The van der Waals surface area contributed by atoms with Crippen LogP contribution in [0.1, 0.15) is 70.8 Å². The molecule has 0 radical (unpaired) electrons. The topological polar surface area (TPSA) is 93.1 Å². The first kappa shape index (κ1) is 18.8. The Kier molecular flexibility index (Phi) is 5.39. The van der Waals surface area contributed by atoms with E-state index in [-0.39, 0.29) is 29.5 Å². The highest BCUT2D eigenvalue weighted by Crippen LogP contribution is 2.22. The van der Waals surface area contributed by atoms with Gasteiger partial charge >= 0.3 is 0 Å². The first-order chi connectivity index (χ1) is 12.9. The lowest BCUT2D eigenvalue weighted by Crippen LogP contribution is -2.33. The van der Waals surface area contributed by atoms with Gasteiger partial charge in [-0.2, -0.15) is 0 Å². The molecule has 0 saturated carbocycles. The summed E-state index contributed by atoms with van der Waals surface area (Å²) >= 11 is 0. The van der Waals surface area contributed by atoms with E-state index < -0.39 is 0 Å². The van der Waals surface area contributed by atoms with Crippen LogP contribution in [0.4, 0.5) is 5.69 Å². The lowest BCUT2D eigenvalue weighted by Gasteiger charge is -2.17. The molecular weight excluding hydrogens is 344 g/mol. The third-order valence-electron chi connectivity index (χ3n) is 4.51. The van der Waals surface area contributed by atoms with Gasteiger partial charge in [-0.3, -0.25) is 14.4 Å². The number of hydrogen-bond donors (Lipinski definition) is 2. The molecule has 142 valence electrons. The van der Waals surface area contributed by atoms with Gasteiger partial charge in [0.25, 0.3) is 11.8 Å². The number of ketones is 1. The van der Waals surface area contributed by atoms with Gasteiger partial charge in [0, 0.05) is 23.8 Å². The summed E-state index contributed by atoms with van der Waals surface area (Å²) in [6.45, 7) is 5.95. The summed E-state index contributed by atoms with van der Waals surface area (Å²) in [5.74, 6) is -0.356. The second-order valence-electron chi connectivity index (χ2n) is 7.06. The van der Waals surface area contributed by atoms with Crippen LogP contribution in [-0.4, -0.2) is 33.2 Å². The molecule has 0 fully saturated rings. The molecule has 0 aliphatic carbocycles. The summed E-state index contributed by atoms with van der Waals surface area (Å²) in [6, 6.07) is 6.70. The van der Waals surface area contributed by atoms with Gasteiger partial charge in [-0.25, -0.2) is 4.98 Å². The maximum Gasteiger partial charge on any atom is 0.287 e. The highest BCUT2D eigenvalue weighted by Gasteiger charge is 2.27. The molecule has 1 aliphatic rings. The molecule has 0 spiro atoms. The summed E-state index contributed by atoms with van der Waals surface area (Å²) < 4.78 is 1.86. The van der Waals surface area contributed by atoms with E-state index in [1.807, 2.05) is 18.4 Å². The smallest absolute Gasteiger partial charge is 0.287 e. The van der Waals surface area contributed by atoms with Crippen LogP contribution in [0.2, 0.25) is 0 Å². The Morgan fingerprint density at radius 2 is 1.78 bits per heavy atom. The summed E-state index contributed by atoms with van der Waals surface area (Å²) in [4.78, 5) is 41.0. The van der Waals surface area contributed by atoms with Crippen molar-refractivity contribution in [3.63, 3.8) is 0 Å². The van der Waals surface area contributed by atoms with Gasteiger partial charge in [-0.05, 0) is 64.3 Å². The average Bonchev–Trinajstić information content (AvgIpc) is 3.01. The average molecular weight is 368 g/mol. The fraction of sp³-hybridized carbons (Fsp3) is 0.400. The van der Waals surface area contributed by atoms with Crippen LogP contribution < -0.4 is 10.6 Å². The van der Waals surface area contributed by atoms with Crippen LogP contribution in [0.25, 0.3) is 0 Å². The van der Waals surface area contributed by atoms with Gasteiger partial charge in [0.05, 0.1) is 5.69 Å². The summed E-state index contributed by atoms with van der Waals surface area (Å²) in [5.41, 5.74) is 2.25. The maximum atomic E-state index is 12.8. The number of nitrogens with zero attached hydrogens (tertiary/aromatic N) is 2. The number of imidazole rings is 1. The molecule has 2 heterocycles. The third-order valence-corrected chi connectivity index (χ3v) is 4.51. The Labute approximate surface area is 158 Å². The number of amides is 2. The van der Waals surface area contributed by atoms with Gasteiger partial charge in [0.15, 0.2) is 17.3 Å². The molecule has 0 atom stereocenters.